The van der Waals surface area contributed by atoms with Crippen LogP contribution in [-0.4, -0.2) is 71.8 Å². The molecule has 1 saturated heterocycles. The highest BCUT2D eigenvalue weighted by Crippen LogP contribution is 2.14. The van der Waals surface area contributed by atoms with Crippen LogP contribution in [0.2, 0.25) is 0 Å². The first-order valence-corrected chi connectivity index (χ1v) is 11.6. The van der Waals surface area contributed by atoms with Crippen LogP contribution in [0.3, 0.4) is 0 Å². The van der Waals surface area contributed by atoms with E-state index in [2.05, 4.69) is 79.3 Å². The molecule has 1 aromatic rings. The largest absolute Gasteiger partial charge is 0.393 e. The van der Waals surface area contributed by atoms with E-state index in [1.165, 1.54) is 11.1 Å². The molecular formula is C24H43N5O. The lowest BCUT2D eigenvalue weighted by Gasteiger charge is -2.30. The van der Waals surface area contributed by atoms with E-state index >= 15 is 0 Å². The first kappa shape index (κ1) is 24.6. The molecule has 0 bridgehead atoms. The molecule has 0 amide bonds. The molecular weight excluding hydrogens is 374 g/mol. The van der Waals surface area contributed by atoms with Gasteiger partial charge in [-0.05, 0) is 58.6 Å². The standard InChI is InChI=1S/C24H43N5O/c1-6-25-24(26-13-16-29(19(2)3)20(4)5)27-17-21-7-9-22(10-8-21)18-28-14-11-23(30)12-15-28/h7-10,19-20,23,30H,6,11-18H2,1-5H3,(H2,25,26,27). The van der Waals surface area contributed by atoms with Crippen molar-refractivity contribution in [1.29, 1.82) is 0 Å². The van der Waals surface area contributed by atoms with Gasteiger partial charge in [-0.2, -0.15) is 0 Å². The Kier molecular flexibility index (Phi) is 10.6. The van der Waals surface area contributed by atoms with Gasteiger partial charge in [-0.3, -0.25) is 9.80 Å². The summed E-state index contributed by atoms with van der Waals surface area (Å²) in [4.78, 5) is 9.67. The molecule has 170 valence electrons. The number of aliphatic hydroxyl groups excluding tert-OH is 1. The van der Waals surface area contributed by atoms with Crippen LogP contribution >= 0.6 is 0 Å². The molecule has 0 spiro atoms. The van der Waals surface area contributed by atoms with Crippen LogP contribution in [0, 0.1) is 0 Å². The number of aliphatic hydroxyl groups is 1. The summed E-state index contributed by atoms with van der Waals surface area (Å²) < 4.78 is 0. The summed E-state index contributed by atoms with van der Waals surface area (Å²) in [5.74, 6) is 0.876. The fraction of sp³-hybridized carbons (Fsp3) is 0.708. The van der Waals surface area contributed by atoms with Gasteiger partial charge in [-0.25, -0.2) is 4.99 Å². The summed E-state index contributed by atoms with van der Waals surface area (Å²) in [6.07, 6.45) is 1.66. The lowest BCUT2D eigenvalue weighted by atomic mass is 10.1. The Morgan fingerprint density at radius 1 is 1.07 bits per heavy atom. The van der Waals surface area contributed by atoms with Gasteiger partial charge < -0.3 is 15.7 Å². The summed E-state index contributed by atoms with van der Waals surface area (Å²) >= 11 is 0. The van der Waals surface area contributed by atoms with E-state index in [0.717, 1.165) is 58.1 Å². The minimum absolute atomic E-state index is 0.111. The van der Waals surface area contributed by atoms with Gasteiger partial charge in [0.2, 0.25) is 0 Å². The number of nitrogens with zero attached hydrogens (tertiary/aromatic N) is 3. The van der Waals surface area contributed by atoms with E-state index in [0.29, 0.717) is 18.6 Å². The van der Waals surface area contributed by atoms with Crippen molar-refractivity contribution in [1.82, 2.24) is 20.4 Å². The Morgan fingerprint density at radius 3 is 2.23 bits per heavy atom. The van der Waals surface area contributed by atoms with E-state index in [4.69, 9.17) is 4.99 Å². The maximum atomic E-state index is 9.65. The third-order valence-corrected chi connectivity index (χ3v) is 5.74. The number of rotatable bonds is 10. The van der Waals surface area contributed by atoms with Crippen molar-refractivity contribution in [3.8, 4) is 0 Å². The molecule has 0 radical (unpaired) electrons. The summed E-state index contributed by atoms with van der Waals surface area (Å²) in [6, 6.07) is 9.86. The summed E-state index contributed by atoms with van der Waals surface area (Å²) in [5.41, 5.74) is 2.54. The summed E-state index contributed by atoms with van der Waals surface area (Å²) in [7, 11) is 0. The molecule has 0 aromatic heterocycles. The fourth-order valence-electron chi connectivity index (χ4n) is 4.01. The molecule has 6 heteroatoms. The van der Waals surface area contributed by atoms with Crippen LogP contribution in [0.1, 0.15) is 58.6 Å². The highest BCUT2D eigenvalue weighted by atomic mass is 16.3. The maximum absolute atomic E-state index is 9.65. The van der Waals surface area contributed by atoms with Crippen molar-refractivity contribution in [3.63, 3.8) is 0 Å². The van der Waals surface area contributed by atoms with Gasteiger partial charge in [-0.15, -0.1) is 0 Å². The normalized spacial score (nSPS) is 16.6. The number of benzene rings is 1. The number of hydrogen-bond acceptors (Lipinski definition) is 4. The Balaban J connectivity index is 1.83. The van der Waals surface area contributed by atoms with Crippen molar-refractivity contribution >= 4 is 5.96 Å². The zero-order valence-electron chi connectivity index (χ0n) is 19.7. The number of nitrogens with one attached hydrogen (secondary N) is 2. The SMILES string of the molecule is CCNC(=NCc1ccc(CN2CCC(O)CC2)cc1)NCCN(C(C)C)C(C)C. The predicted octanol–water partition coefficient (Wildman–Crippen LogP) is 2.82. The van der Waals surface area contributed by atoms with Gasteiger partial charge >= 0.3 is 0 Å². The molecule has 1 aliphatic rings. The molecule has 6 nitrogen and oxygen atoms in total. The van der Waals surface area contributed by atoms with Crippen molar-refractivity contribution in [2.75, 3.05) is 32.7 Å². The van der Waals surface area contributed by atoms with Gasteiger partial charge in [-0.1, -0.05) is 24.3 Å². The third-order valence-electron chi connectivity index (χ3n) is 5.74. The number of aliphatic imine (C=N–C) groups is 1. The zero-order valence-corrected chi connectivity index (χ0v) is 19.7. The van der Waals surface area contributed by atoms with Crippen LogP contribution in [0.25, 0.3) is 0 Å². The smallest absolute Gasteiger partial charge is 0.191 e. The van der Waals surface area contributed by atoms with Crippen molar-refractivity contribution in [3.05, 3.63) is 35.4 Å². The monoisotopic (exact) mass is 417 g/mol. The summed E-state index contributed by atoms with van der Waals surface area (Å²) in [5, 5.41) is 16.5. The van der Waals surface area contributed by atoms with E-state index in [1.807, 2.05) is 0 Å². The van der Waals surface area contributed by atoms with Gasteiger partial charge in [0, 0.05) is 51.4 Å². The number of piperidine rings is 1. The van der Waals surface area contributed by atoms with Crippen LogP contribution in [0.5, 0.6) is 0 Å². The van der Waals surface area contributed by atoms with Crippen LogP contribution < -0.4 is 10.6 Å². The van der Waals surface area contributed by atoms with Gasteiger partial charge in [0.25, 0.3) is 0 Å². The lowest BCUT2D eigenvalue weighted by molar-refractivity contribution is 0.0792. The number of hydrogen-bond donors (Lipinski definition) is 3. The molecule has 1 fully saturated rings. The molecule has 1 aromatic carbocycles. The van der Waals surface area contributed by atoms with Crippen LogP contribution in [0.15, 0.2) is 29.3 Å². The number of likely N-dealkylation sites (tertiary alicyclic amines) is 1. The molecule has 30 heavy (non-hydrogen) atoms. The summed E-state index contributed by atoms with van der Waals surface area (Å²) in [6.45, 7) is 17.4. The van der Waals surface area contributed by atoms with Crippen LogP contribution in [-0.2, 0) is 13.1 Å². The Hall–Kier alpha value is -1.63. The Morgan fingerprint density at radius 2 is 1.67 bits per heavy atom. The van der Waals surface area contributed by atoms with E-state index in [1.54, 1.807) is 0 Å². The second-order valence-corrected chi connectivity index (χ2v) is 8.87. The zero-order chi connectivity index (χ0) is 21.9. The molecule has 3 N–H and O–H groups in total. The van der Waals surface area contributed by atoms with Crippen LogP contribution in [0.4, 0.5) is 0 Å². The number of guanidine groups is 1. The molecule has 0 aliphatic carbocycles. The van der Waals surface area contributed by atoms with Gasteiger partial charge in [0.15, 0.2) is 5.96 Å². The van der Waals surface area contributed by atoms with E-state index in [-0.39, 0.29) is 6.10 Å². The highest BCUT2D eigenvalue weighted by Gasteiger charge is 2.16. The van der Waals surface area contributed by atoms with Crippen molar-refractivity contribution in [2.24, 2.45) is 4.99 Å². The van der Waals surface area contributed by atoms with Crippen molar-refractivity contribution < 1.29 is 5.11 Å². The van der Waals surface area contributed by atoms with Crippen molar-refractivity contribution in [2.45, 2.75) is 78.7 Å². The Bertz CT molecular complexity index is 613. The Labute approximate surface area is 183 Å². The van der Waals surface area contributed by atoms with E-state index < -0.39 is 0 Å². The van der Waals surface area contributed by atoms with Gasteiger partial charge in [0.1, 0.15) is 0 Å². The predicted molar refractivity (Wildman–Crippen MR) is 127 cm³/mol. The lowest BCUT2D eigenvalue weighted by Crippen LogP contribution is -2.45. The maximum Gasteiger partial charge on any atom is 0.191 e. The molecule has 0 saturated carbocycles. The first-order chi connectivity index (χ1) is 14.4. The quantitative estimate of drug-likeness (QED) is 0.404. The fourth-order valence-corrected chi connectivity index (χ4v) is 4.01. The average Bonchev–Trinajstić information content (AvgIpc) is 2.71. The highest BCUT2D eigenvalue weighted by molar-refractivity contribution is 5.79. The second kappa shape index (κ2) is 12.9. The average molecular weight is 418 g/mol. The molecule has 1 heterocycles. The first-order valence-electron chi connectivity index (χ1n) is 11.6. The minimum Gasteiger partial charge on any atom is -0.393 e. The second-order valence-electron chi connectivity index (χ2n) is 8.87. The molecule has 1 aliphatic heterocycles. The molecule has 0 atom stereocenters. The van der Waals surface area contributed by atoms with E-state index in [9.17, 15) is 5.11 Å². The molecule has 0 unspecified atom stereocenters. The topological polar surface area (TPSA) is 63.1 Å². The van der Waals surface area contributed by atoms with Gasteiger partial charge in [0.05, 0.1) is 12.6 Å². The minimum atomic E-state index is -0.111. The third kappa shape index (κ3) is 8.62. The molecule has 2 rings (SSSR count).